The zero-order valence-electron chi connectivity index (χ0n) is 12.6. The third kappa shape index (κ3) is 3.05. The smallest absolute Gasteiger partial charge is 0.242 e. The minimum absolute atomic E-state index is 0.358. The lowest BCUT2D eigenvalue weighted by atomic mass is 10.4. The van der Waals surface area contributed by atoms with E-state index in [1.807, 2.05) is 0 Å². The Bertz CT molecular complexity index is 602. The molecule has 23 heavy (non-hydrogen) atoms. The molecule has 4 rings (SSSR count). The fourth-order valence-electron chi connectivity index (χ4n) is 2.52. The summed E-state index contributed by atoms with van der Waals surface area (Å²) in [5.74, 6) is 2.00. The van der Waals surface area contributed by atoms with Gasteiger partial charge in [0, 0.05) is 26.2 Å². The molecule has 2 fully saturated rings. The van der Waals surface area contributed by atoms with E-state index in [1.54, 1.807) is 0 Å². The van der Waals surface area contributed by atoms with Crippen molar-refractivity contribution in [3.8, 4) is 11.6 Å². The van der Waals surface area contributed by atoms with Gasteiger partial charge in [0.15, 0.2) is 0 Å². The van der Waals surface area contributed by atoms with E-state index < -0.39 is 0 Å². The SMILES string of the molecule is C1CN(c2nc(-c3nn[nH]n3)nc(N3CCOCC3)n2)CCO1. The van der Waals surface area contributed by atoms with E-state index in [1.165, 1.54) is 0 Å². The summed E-state index contributed by atoms with van der Waals surface area (Å²) in [6.45, 7) is 5.64. The zero-order chi connectivity index (χ0) is 15.5. The lowest BCUT2D eigenvalue weighted by molar-refractivity contribution is 0.121. The van der Waals surface area contributed by atoms with E-state index in [-0.39, 0.29) is 0 Å². The summed E-state index contributed by atoms with van der Waals surface area (Å²) in [5, 5.41) is 14.0. The highest BCUT2D eigenvalue weighted by Gasteiger charge is 2.22. The molecule has 0 radical (unpaired) electrons. The number of hydrogen-bond acceptors (Lipinski definition) is 10. The molecule has 2 saturated heterocycles. The van der Waals surface area contributed by atoms with Crippen molar-refractivity contribution < 1.29 is 9.47 Å². The number of nitrogens with zero attached hydrogens (tertiary/aromatic N) is 8. The molecule has 2 aromatic rings. The molecule has 122 valence electrons. The van der Waals surface area contributed by atoms with E-state index in [4.69, 9.17) is 9.47 Å². The largest absolute Gasteiger partial charge is 0.378 e. The predicted molar refractivity (Wildman–Crippen MR) is 79.1 cm³/mol. The first-order valence-electron chi connectivity index (χ1n) is 7.55. The minimum atomic E-state index is 0.358. The second-order valence-corrected chi connectivity index (χ2v) is 5.19. The molecule has 0 bridgehead atoms. The molecular weight excluding hydrogens is 302 g/mol. The zero-order valence-corrected chi connectivity index (χ0v) is 12.6. The second-order valence-electron chi connectivity index (χ2n) is 5.19. The Kier molecular flexibility index (Phi) is 3.94. The van der Waals surface area contributed by atoms with Crippen molar-refractivity contribution in [2.45, 2.75) is 0 Å². The number of morpholine rings is 2. The van der Waals surface area contributed by atoms with Gasteiger partial charge in [0.25, 0.3) is 0 Å². The molecule has 2 aromatic heterocycles. The van der Waals surface area contributed by atoms with Crippen molar-refractivity contribution in [1.82, 2.24) is 35.6 Å². The fourth-order valence-corrected chi connectivity index (χ4v) is 2.52. The molecule has 2 aliphatic heterocycles. The first-order valence-corrected chi connectivity index (χ1v) is 7.55. The summed E-state index contributed by atoms with van der Waals surface area (Å²) < 4.78 is 10.8. The van der Waals surface area contributed by atoms with E-state index in [0.29, 0.717) is 50.0 Å². The Balaban J connectivity index is 1.70. The summed E-state index contributed by atoms with van der Waals surface area (Å²) in [6.07, 6.45) is 0. The molecule has 0 spiro atoms. The lowest BCUT2D eigenvalue weighted by Gasteiger charge is -2.30. The highest BCUT2D eigenvalue weighted by molar-refractivity contribution is 5.50. The van der Waals surface area contributed by atoms with Crippen molar-refractivity contribution >= 4 is 11.9 Å². The van der Waals surface area contributed by atoms with Crippen LogP contribution in [-0.4, -0.2) is 88.2 Å². The van der Waals surface area contributed by atoms with Crippen molar-refractivity contribution in [2.75, 3.05) is 62.4 Å². The monoisotopic (exact) mass is 319 g/mol. The average Bonchev–Trinajstić information content (AvgIpc) is 3.18. The van der Waals surface area contributed by atoms with Crippen LogP contribution in [0.25, 0.3) is 11.6 Å². The van der Waals surface area contributed by atoms with Gasteiger partial charge in [-0.2, -0.15) is 20.2 Å². The van der Waals surface area contributed by atoms with E-state index in [0.717, 1.165) is 26.2 Å². The van der Waals surface area contributed by atoms with Crippen LogP contribution in [0.4, 0.5) is 11.9 Å². The molecule has 0 aliphatic carbocycles. The number of H-pyrrole nitrogens is 1. The van der Waals surface area contributed by atoms with Crippen LogP contribution in [0.5, 0.6) is 0 Å². The number of rotatable bonds is 3. The summed E-state index contributed by atoms with van der Waals surface area (Å²) >= 11 is 0. The summed E-state index contributed by atoms with van der Waals surface area (Å²) in [5.41, 5.74) is 0. The van der Waals surface area contributed by atoms with Crippen LogP contribution in [0.3, 0.4) is 0 Å². The Morgan fingerprint density at radius 1 is 0.739 bits per heavy atom. The molecule has 2 aliphatic rings. The van der Waals surface area contributed by atoms with Gasteiger partial charge in [0.1, 0.15) is 0 Å². The normalized spacial score (nSPS) is 19.1. The maximum atomic E-state index is 5.39. The topological polar surface area (TPSA) is 118 Å². The Hall–Kier alpha value is -2.40. The van der Waals surface area contributed by atoms with Crippen LogP contribution in [0.15, 0.2) is 0 Å². The molecule has 1 N–H and O–H groups in total. The van der Waals surface area contributed by atoms with E-state index in [9.17, 15) is 0 Å². The van der Waals surface area contributed by atoms with E-state index in [2.05, 4.69) is 45.4 Å². The number of tetrazole rings is 1. The van der Waals surface area contributed by atoms with Crippen LogP contribution in [0.1, 0.15) is 0 Å². The van der Waals surface area contributed by atoms with Gasteiger partial charge < -0.3 is 19.3 Å². The van der Waals surface area contributed by atoms with Crippen LogP contribution < -0.4 is 9.80 Å². The molecule has 0 aromatic carbocycles. The predicted octanol–water partition coefficient (Wildman–Crippen LogP) is -1.28. The van der Waals surface area contributed by atoms with E-state index >= 15 is 0 Å². The molecule has 11 nitrogen and oxygen atoms in total. The molecule has 0 atom stereocenters. The van der Waals surface area contributed by atoms with Crippen LogP contribution in [0, 0.1) is 0 Å². The number of ether oxygens (including phenoxy) is 2. The number of hydrogen-bond donors (Lipinski definition) is 1. The number of aromatic amines is 1. The van der Waals surface area contributed by atoms with Gasteiger partial charge >= 0.3 is 0 Å². The first-order chi connectivity index (χ1) is 11.4. The number of nitrogens with one attached hydrogen (secondary N) is 1. The van der Waals surface area contributed by atoms with Gasteiger partial charge in [-0.05, 0) is 5.21 Å². The third-order valence-corrected chi connectivity index (χ3v) is 3.75. The van der Waals surface area contributed by atoms with Crippen molar-refractivity contribution in [3.63, 3.8) is 0 Å². The van der Waals surface area contributed by atoms with Crippen molar-refractivity contribution in [2.24, 2.45) is 0 Å². The lowest BCUT2D eigenvalue weighted by Crippen LogP contribution is -2.40. The van der Waals surface area contributed by atoms with Crippen molar-refractivity contribution in [1.29, 1.82) is 0 Å². The number of aromatic nitrogens is 7. The average molecular weight is 319 g/mol. The van der Waals surface area contributed by atoms with Crippen LogP contribution in [0.2, 0.25) is 0 Å². The Morgan fingerprint density at radius 3 is 1.78 bits per heavy atom. The molecular formula is C12H17N9O2. The molecule has 4 heterocycles. The van der Waals surface area contributed by atoms with Gasteiger partial charge in [-0.1, -0.05) is 0 Å². The third-order valence-electron chi connectivity index (χ3n) is 3.75. The van der Waals surface area contributed by atoms with Crippen LogP contribution >= 0.6 is 0 Å². The van der Waals surface area contributed by atoms with Crippen molar-refractivity contribution in [3.05, 3.63) is 0 Å². The maximum Gasteiger partial charge on any atom is 0.242 e. The highest BCUT2D eigenvalue weighted by atomic mass is 16.5. The quantitative estimate of drug-likeness (QED) is 0.733. The Morgan fingerprint density at radius 2 is 1.30 bits per heavy atom. The van der Waals surface area contributed by atoms with Gasteiger partial charge in [-0.3, -0.25) is 0 Å². The second kappa shape index (κ2) is 6.38. The minimum Gasteiger partial charge on any atom is -0.378 e. The molecule has 0 unspecified atom stereocenters. The van der Waals surface area contributed by atoms with Gasteiger partial charge in [0.05, 0.1) is 26.4 Å². The Labute approximate surface area is 132 Å². The standard InChI is InChI=1S/C12H17N9O2/c1-5-22-6-2-20(1)11-13-9(10-16-18-19-17-10)14-12(15-11)21-3-7-23-8-4-21/h1-8H2,(H,16,17,18,19). The molecule has 0 amide bonds. The maximum absolute atomic E-state index is 5.39. The summed E-state index contributed by atoms with van der Waals surface area (Å²) in [4.78, 5) is 17.8. The van der Waals surface area contributed by atoms with Crippen LogP contribution in [-0.2, 0) is 9.47 Å². The fraction of sp³-hybridized carbons (Fsp3) is 0.667. The highest BCUT2D eigenvalue weighted by Crippen LogP contribution is 2.20. The number of anilines is 2. The summed E-state index contributed by atoms with van der Waals surface area (Å²) in [7, 11) is 0. The summed E-state index contributed by atoms with van der Waals surface area (Å²) in [6, 6.07) is 0. The van der Waals surface area contributed by atoms with Gasteiger partial charge in [-0.15, -0.1) is 10.2 Å². The van der Waals surface area contributed by atoms with Gasteiger partial charge in [0.2, 0.25) is 23.5 Å². The molecule has 11 heteroatoms. The van der Waals surface area contributed by atoms with Gasteiger partial charge in [-0.25, -0.2) is 0 Å². The first kappa shape index (κ1) is 14.2. The molecule has 0 saturated carbocycles.